The van der Waals surface area contributed by atoms with Crippen molar-refractivity contribution in [3.05, 3.63) is 28.8 Å². The summed E-state index contributed by atoms with van der Waals surface area (Å²) in [6, 6.07) is 5.56. The van der Waals surface area contributed by atoms with Gasteiger partial charge in [0.05, 0.1) is 0 Å². The molecule has 0 amide bonds. The summed E-state index contributed by atoms with van der Waals surface area (Å²) in [6.45, 7) is 0. The second-order valence-corrected chi connectivity index (χ2v) is 6.49. The van der Waals surface area contributed by atoms with E-state index in [9.17, 15) is 0 Å². The average molecular weight is 301 g/mol. The van der Waals surface area contributed by atoms with Gasteiger partial charge in [-0.3, -0.25) is 0 Å². The molecule has 0 unspecified atom stereocenters. The van der Waals surface area contributed by atoms with Crippen LogP contribution >= 0.6 is 34.7 Å². The molecule has 96 valence electrons. The molecule has 18 heavy (non-hydrogen) atoms. The van der Waals surface area contributed by atoms with E-state index in [2.05, 4.69) is 10.2 Å². The summed E-state index contributed by atoms with van der Waals surface area (Å²) in [7, 11) is 3.90. The van der Waals surface area contributed by atoms with Crippen molar-refractivity contribution in [1.82, 2.24) is 10.2 Å². The van der Waals surface area contributed by atoms with Crippen molar-refractivity contribution in [2.24, 2.45) is 0 Å². The fraction of sp³-hybridized carbons (Fsp3) is 0.273. The monoisotopic (exact) mass is 300 g/mol. The summed E-state index contributed by atoms with van der Waals surface area (Å²) in [5.74, 6) is 0.769. The van der Waals surface area contributed by atoms with Gasteiger partial charge in [-0.1, -0.05) is 40.8 Å². The zero-order valence-corrected chi connectivity index (χ0v) is 12.4. The zero-order chi connectivity index (χ0) is 13.1. The minimum absolute atomic E-state index is 0.659. The van der Waals surface area contributed by atoms with Crippen LogP contribution < -0.4 is 10.6 Å². The van der Waals surface area contributed by atoms with Crippen molar-refractivity contribution in [3.8, 4) is 0 Å². The van der Waals surface area contributed by atoms with E-state index in [1.54, 1.807) is 29.2 Å². The van der Waals surface area contributed by atoms with Crippen molar-refractivity contribution < 1.29 is 0 Å². The Hall–Kier alpha value is -0.980. The molecule has 7 heteroatoms. The number of thioether (sulfide) groups is 1. The lowest BCUT2D eigenvalue weighted by atomic mass is 10.2. The molecule has 0 aliphatic rings. The van der Waals surface area contributed by atoms with Gasteiger partial charge in [-0.25, -0.2) is 0 Å². The van der Waals surface area contributed by atoms with Gasteiger partial charge in [0.25, 0.3) is 0 Å². The van der Waals surface area contributed by atoms with Gasteiger partial charge < -0.3 is 10.6 Å². The fourth-order valence-corrected chi connectivity index (χ4v) is 3.24. The van der Waals surface area contributed by atoms with Crippen molar-refractivity contribution in [3.63, 3.8) is 0 Å². The van der Waals surface area contributed by atoms with Crippen molar-refractivity contribution >= 4 is 45.5 Å². The molecule has 0 saturated heterocycles. The largest absolute Gasteiger partial charge is 0.398 e. The maximum atomic E-state index is 5.90. The number of aromatic nitrogens is 2. The lowest BCUT2D eigenvalue weighted by molar-refractivity contribution is 0.972. The predicted molar refractivity (Wildman–Crippen MR) is 79.7 cm³/mol. The highest BCUT2D eigenvalue weighted by atomic mass is 35.5. The minimum Gasteiger partial charge on any atom is -0.398 e. The zero-order valence-electron chi connectivity index (χ0n) is 10.1. The number of rotatable bonds is 4. The number of nitrogens with two attached hydrogens (primary N) is 1. The van der Waals surface area contributed by atoms with Crippen LogP contribution in [0.4, 0.5) is 10.8 Å². The van der Waals surface area contributed by atoms with E-state index in [-0.39, 0.29) is 0 Å². The van der Waals surface area contributed by atoms with E-state index in [1.165, 1.54) is 0 Å². The number of nitrogens with zero attached hydrogens (tertiary/aromatic N) is 3. The van der Waals surface area contributed by atoms with Gasteiger partial charge in [0.2, 0.25) is 5.13 Å². The van der Waals surface area contributed by atoms with Crippen LogP contribution in [0.2, 0.25) is 5.02 Å². The minimum atomic E-state index is 0.659. The third-order valence-electron chi connectivity index (χ3n) is 2.24. The summed E-state index contributed by atoms with van der Waals surface area (Å²) in [5.41, 5.74) is 7.68. The van der Waals surface area contributed by atoms with E-state index in [4.69, 9.17) is 17.3 Å². The first-order valence-corrected chi connectivity index (χ1v) is 7.42. The Labute approximate surface area is 119 Å². The molecule has 2 aromatic rings. The molecular weight excluding hydrogens is 288 g/mol. The molecular formula is C11H13ClN4S2. The first-order valence-electron chi connectivity index (χ1n) is 5.24. The van der Waals surface area contributed by atoms with E-state index >= 15 is 0 Å². The highest BCUT2D eigenvalue weighted by molar-refractivity contribution is 8.00. The summed E-state index contributed by atoms with van der Waals surface area (Å²) < 4.78 is 0.938. The predicted octanol–water partition coefficient (Wildman–Crippen LogP) is 3.13. The molecule has 1 heterocycles. The Bertz CT molecular complexity index is 542. The van der Waals surface area contributed by atoms with Crippen LogP contribution in [0.25, 0.3) is 0 Å². The molecule has 0 saturated carbocycles. The Kier molecular flexibility index (Phi) is 4.31. The smallest absolute Gasteiger partial charge is 0.208 e. The number of benzene rings is 1. The Morgan fingerprint density at radius 2 is 2.17 bits per heavy atom. The van der Waals surface area contributed by atoms with Crippen LogP contribution in [0.3, 0.4) is 0 Å². The van der Waals surface area contributed by atoms with E-state index < -0.39 is 0 Å². The van der Waals surface area contributed by atoms with Crippen LogP contribution in [0.1, 0.15) is 5.56 Å². The van der Waals surface area contributed by atoms with E-state index in [0.29, 0.717) is 10.7 Å². The molecule has 0 spiro atoms. The van der Waals surface area contributed by atoms with Gasteiger partial charge in [0.1, 0.15) is 0 Å². The van der Waals surface area contributed by atoms with Crippen LogP contribution in [-0.2, 0) is 5.75 Å². The number of hydrogen-bond donors (Lipinski definition) is 1. The maximum absolute atomic E-state index is 5.90. The standard InChI is InChI=1S/C11H13ClN4S2/c1-16(2)10-14-15-11(18-10)17-6-7-3-4-8(12)5-9(7)13/h3-5H,6,13H2,1-2H3. The van der Waals surface area contributed by atoms with Crippen LogP contribution in [0, 0.1) is 0 Å². The molecule has 4 nitrogen and oxygen atoms in total. The summed E-state index contributed by atoms with van der Waals surface area (Å²) in [6.07, 6.45) is 0. The molecule has 0 atom stereocenters. The second-order valence-electron chi connectivity index (χ2n) is 3.88. The molecule has 0 bridgehead atoms. The molecule has 0 radical (unpaired) electrons. The fourth-order valence-electron chi connectivity index (χ4n) is 1.28. The highest BCUT2D eigenvalue weighted by Crippen LogP contribution is 2.31. The quantitative estimate of drug-likeness (QED) is 0.694. The van der Waals surface area contributed by atoms with E-state index in [0.717, 1.165) is 20.8 Å². The highest BCUT2D eigenvalue weighted by Gasteiger charge is 2.07. The molecule has 1 aromatic heterocycles. The Morgan fingerprint density at radius 1 is 1.39 bits per heavy atom. The first kappa shape index (κ1) is 13.5. The SMILES string of the molecule is CN(C)c1nnc(SCc2ccc(Cl)cc2N)s1. The Morgan fingerprint density at radius 3 is 2.78 bits per heavy atom. The Balaban J connectivity index is 2.02. The van der Waals surface area contributed by atoms with Gasteiger partial charge in [-0.05, 0) is 17.7 Å². The lowest BCUT2D eigenvalue weighted by Crippen LogP contribution is -2.07. The number of nitrogen functional groups attached to an aromatic ring is 1. The topological polar surface area (TPSA) is 55.0 Å². The third-order valence-corrected chi connectivity index (χ3v) is 4.75. The molecule has 2 N–H and O–H groups in total. The van der Waals surface area contributed by atoms with Gasteiger partial charge in [-0.15, -0.1) is 10.2 Å². The second kappa shape index (κ2) is 5.77. The number of hydrogen-bond acceptors (Lipinski definition) is 6. The summed E-state index contributed by atoms with van der Waals surface area (Å²) in [5, 5.41) is 9.77. The molecule has 1 aromatic carbocycles. The van der Waals surface area contributed by atoms with Crippen molar-refractivity contribution in [1.29, 1.82) is 0 Å². The summed E-state index contributed by atoms with van der Waals surface area (Å²) in [4.78, 5) is 1.94. The van der Waals surface area contributed by atoms with Crippen LogP contribution in [0.5, 0.6) is 0 Å². The van der Waals surface area contributed by atoms with Gasteiger partial charge in [-0.2, -0.15) is 0 Å². The first-order chi connectivity index (χ1) is 8.56. The van der Waals surface area contributed by atoms with E-state index in [1.807, 2.05) is 31.1 Å². The molecule has 0 fully saturated rings. The summed E-state index contributed by atoms with van der Waals surface area (Å²) >= 11 is 9.06. The van der Waals surface area contributed by atoms with Gasteiger partial charge >= 0.3 is 0 Å². The number of anilines is 2. The van der Waals surface area contributed by atoms with Crippen molar-refractivity contribution in [2.75, 3.05) is 24.7 Å². The van der Waals surface area contributed by atoms with Gasteiger partial charge in [0.15, 0.2) is 4.34 Å². The van der Waals surface area contributed by atoms with Crippen molar-refractivity contribution in [2.45, 2.75) is 10.1 Å². The third kappa shape index (κ3) is 3.28. The molecule has 0 aliphatic heterocycles. The van der Waals surface area contributed by atoms with Crippen LogP contribution in [0.15, 0.2) is 22.5 Å². The van der Waals surface area contributed by atoms with Gasteiger partial charge in [0, 0.05) is 30.6 Å². The normalized spacial score (nSPS) is 10.6. The molecule has 2 rings (SSSR count). The molecule has 0 aliphatic carbocycles. The van der Waals surface area contributed by atoms with Crippen LogP contribution in [-0.4, -0.2) is 24.3 Å². The average Bonchev–Trinajstić information content (AvgIpc) is 2.76. The maximum Gasteiger partial charge on any atom is 0.208 e. The lowest BCUT2D eigenvalue weighted by Gasteiger charge is -2.04. The number of halogens is 1.